The fraction of sp³-hybridized carbons (Fsp3) is 0.294. The van der Waals surface area contributed by atoms with Crippen LogP contribution in [0.25, 0.3) is 0 Å². The van der Waals surface area contributed by atoms with Gasteiger partial charge in [0.2, 0.25) is 0 Å². The van der Waals surface area contributed by atoms with E-state index in [9.17, 15) is 4.39 Å². The van der Waals surface area contributed by atoms with Crippen molar-refractivity contribution in [3.8, 4) is 0 Å². The van der Waals surface area contributed by atoms with Crippen LogP contribution in [0.2, 0.25) is 0 Å². The summed E-state index contributed by atoms with van der Waals surface area (Å²) in [5, 5.41) is 3.22. The number of hydrogen-bond acceptors (Lipinski definition) is 2. The minimum atomic E-state index is -0.192. The van der Waals surface area contributed by atoms with Crippen molar-refractivity contribution in [1.82, 2.24) is 5.32 Å². The SMILES string of the molecule is CCNCc1cc(F)cc(N(C)Cc2ccc(Br)cc2)c1. The molecule has 0 aromatic heterocycles. The summed E-state index contributed by atoms with van der Waals surface area (Å²) in [7, 11) is 1.98. The number of halogens is 2. The van der Waals surface area contributed by atoms with Crippen LogP contribution < -0.4 is 10.2 Å². The Balaban J connectivity index is 2.12. The van der Waals surface area contributed by atoms with Gasteiger partial charge in [-0.15, -0.1) is 0 Å². The highest BCUT2D eigenvalue weighted by Crippen LogP contribution is 2.20. The van der Waals surface area contributed by atoms with Crippen LogP contribution in [-0.2, 0) is 13.1 Å². The van der Waals surface area contributed by atoms with Gasteiger partial charge in [0, 0.05) is 30.3 Å². The summed E-state index contributed by atoms with van der Waals surface area (Å²) < 4.78 is 14.8. The Kier molecular flexibility index (Phi) is 5.76. The summed E-state index contributed by atoms with van der Waals surface area (Å²) in [5.41, 5.74) is 3.05. The second kappa shape index (κ2) is 7.57. The first-order chi connectivity index (χ1) is 10.1. The predicted octanol–water partition coefficient (Wildman–Crippen LogP) is 4.33. The third-order valence-electron chi connectivity index (χ3n) is 3.30. The molecule has 2 aromatic rings. The molecule has 4 heteroatoms. The zero-order valence-corrected chi connectivity index (χ0v) is 14.0. The lowest BCUT2D eigenvalue weighted by molar-refractivity contribution is 0.621. The van der Waals surface area contributed by atoms with Crippen molar-refractivity contribution in [1.29, 1.82) is 0 Å². The van der Waals surface area contributed by atoms with E-state index in [4.69, 9.17) is 0 Å². The van der Waals surface area contributed by atoms with E-state index >= 15 is 0 Å². The van der Waals surface area contributed by atoms with E-state index in [2.05, 4.69) is 38.3 Å². The molecular formula is C17H20BrFN2. The van der Waals surface area contributed by atoms with Gasteiger partial charge in [0.25, 0.3) is 0 Å². The molecule has 2 aromatic carbocycles. The van der Waals surface area contributed by atoms with Crippen molar-refractivity contribution in [3.63, 3.8) is 0 Å². The van der Waals surface area contributed by atoms with Crippen LogP contribution in [0.4, 0.5) is 10.1 Å². The van der Waals surface area contributed by atoms with Crippen molar-refractivity contribution < 1.29 is 4.39 Å². The third kappa shape index (κ3) is 4.83. The average Bonchev–Trinajstić information content (AvgIpc) is 2.47. The largest absolute Gasteiger partial charge is 0.370 e. The molecule has 0 saturated heterocycles. The number of rotatable bonds is 6. The lowest BCUT2D eigenvalue weighted by Gasteiger charge is -2.20. The van der Waals surface area contributed by atoms with Crippen molar-refractivity contribution in [2.24, 2.45) is 0 Å². The molecule has 2 rings (SSSR count). The maximum atomic E-state index is 13.7. The molecule has 0 aliphatic rings. The molecule has 0 aliphatic carbocycles. The minimum Gasteiger partial charge on any atom is -0.370 e. The summed E-state index contributed by atoms with van der Waals surface area (Å²) in [5.74, 6) is -0.192. The lowest BCUT2D eigenvalue weighted by Crippen LogP contribution is -2.18. The Morgan fingerprint density at radius 1 is 1.10 bits per heavy atom. The van der Waals surface area contributed by atoms with Crippen molar-refractivity contribution in [2.45, 2.75) is 20.0 Å². The van der Waals surface area contributed by atoms with E-state index in [1.165, 1.54) is 5.56 Å². The highest BCUT2D eigenvalue weighted by Gasteiger charge is 2.06. The molecule has 112 valence electrons. The van der Waals surface area contributed by atoms with Crippen LogP contribution in [-0.4, -0.2) is 13.6 Å². The monoisotopic (exact) mass is 350 g/mol. The number of benzene rings is 2. The molecule has 0 fully saturated rings. The van der Waals surface area contributed by atoms with E-state index in [0.29, 0.717) is 6.54 Å². The molecule has 0 aliphatic heterocycles. The van der Waals surface area contributed by atoms with Gasteiger partial charge in [-0.05, 0) is 48.0 Å². The third-order valence-corrected chi connectivity index (χ3v) is 3.82. The summed E-state index contributed by atoms with van der Waals surface area (Å²) in [6.45, 7) is 4.35. The summed E-state index contributed by atoms with van der Waals surface area (Å²) in [6, 6.07) is 13.4. The van der Waals surface area contributed by atoms with Gasteiger partial charge in [0.05, 0.1) is 0 Å². The predicted molar refractivity (Wildman–Crippen MR) is 90.0 cm³/mol. The normalized spacial score (nSPS) is 10.7. The standard InChI is InChI=1S/C17H20BrFN2/c1-3-20-11-14-8-16(19)10-17(9-14)21(2)12-13-4-6-15(18)7-5-13/h4-10,20H,3,11-12H2,1-2H3. The van der Waals surface area contributed by atoms with Crippen molar-refractivity contribution in [2.75, 3.05) is 18.5 Å². The molecule has 0 bridgehead atoms. The first kappa shape index (κ1) is 16.0. The first-order valence-corrected chi connectivity index (χ1v) is 7.83. The van der Waals surface area contributed by atoms with Gasteiger partial charge in [-0.25, -0.2) is 4.39 Å². The zero-order chi connectivity index (χ0) is 15.2. The number of nitrogens with zero attached hydrogens (tertiary/aromatic N) is 1. The smallest absolute Gasteiger partial charge is 0.125 e. The summed E-state index contributed by atoms with van der Waals surface area (Å²) in [4.78, 5) is 2.06. The van der Waals surface area contributed by atoms with E-state index in [0.717, 1.165) is 28.8 Å². The maximum Gasteiger partial charge on any atom is 0.125 e. The Hall–Kier alpha value is -1.39. The van der Waals surface area contributed by atoms with Crippen LogP contribution in [0.5, 0.6) is 0 Å². The van der Waals surface area contributed by atoms with Crippen LogP contribution in [0.15, 0.2) is 46.9 Å². The maximum absolute atomic E-state index is 13.7. The van der Waals surface area contributed by atoms with E-state index in [-0.39, 0.29) is 5.82 Å². The fourth-order valence-electron chi connectivity index (χ4n) is 2.18. The van der Waals surface area contributed by atoms with Gasteiger partial charge >= 0.3 is 0 Å². The topological polar surface area (TPSA) is 15.3 Å². The molecule has 0 radical (unpaired) electrons. The van der Waals surface area contributed by atoms with Gasteiger partial charge in [-0.2, -0.15) is 0 Å². The molecule has 0 unspecified atom stereocenters. The summed E-state index contributed by atoms with van der Waals surface area (Å²) >= 11 is 3.43. The molecule has 0 spiro atoms. The highest BCUT2D eigenvalue weighted by atomic mass is 79.9. The number of anilines is 1. The van der Waals surface area contributed by atoms with Crippen molar-refractivity contribution in [3.05, 3.63) is 63.9 Å². The zero-order valence-electron chi connectivity index (χ0n) is 12.4. The van der Waals surface area contributed by atoms with Gasteiger partial charge < -0.3 is 10.2 Å². The highest BCUT2D eigenvalue weighted by molar-refractivity contribution is 9.10. The van der Waals surface area contributed by atoms with Crippen LogP contribution in [0.1, 0.15) is 18.1 Å². The number of nitrogens with one attached hydrogen (secondary N) is 1. The van der Waals surface area contributed by atoms with Crippen molar-refractivity contribution >= 4 is 21.6 Å². The molecule has 0 amide bonds. The van der Waals surface area contributed by atoms with Gasteiger partial charge in [0.15, 0.2) is 0 Å². The van der Waals surface area contributed by atoms with E-state index < -0.39 is 0 Å². The van der Waals surface area contributed by atoms with Crippen LogP contribution in [0, 0.1) is 5.82 Å². The molecule has 21 heavy (non-hydrogen) atoms. The minimum absolute atomic E-state index is 0.192. The Morgan fingerprint density at radius 2 is 1.81 bits per heavy atom. The van der Waals surface area contributed by atoms with Gasteiger partial charge in [-0.1, -0.05) is 35.0 Å². The molecule has 2 nitrogen and oxygen atoms in total. The molecular weight excluding hydrogens is 331 g/mol. The second-order valence-corrected chi connectivity index (χ2v) is 6.00. The van der Waals surface area contributed by atoms with Gasteiger partial charge in [-0.3, -0.25) is 0 Å². The quantitative estimate of drug-likeness (QED) is 0.833. The van der Waals surface area contributed by atoms with Crippen LogP contribution >= 0.6 is 15.9 Å². The molecule has 0 saturated carbocycles. The second-order valence-electron chi connectivity index (χ2n) is 5.08. The fourth-order valence-corrected chi connectivity index (χ4v) is 2.44. The van der Waals surface area contributed by atoms with E-state index in [1.54, 1.807) is 12.1 Å². The molecule has 0 heterocycles. The van der Waals surface area contributed by atoms with Gasteiger partial charge in [0.1, 0.15) is 5.82 Å². The van der Waals surface area contributed by atoms with Crippen LogP contribution in [0.3, 0.4) is 0 Å². The Labute approximate surface area is 134 Å². The number of hydrogen-bond donors (Lipinski definition) is 1. The molecule has 0 atom stereocenters. The first-order valence-electron chi connectivity index (χ1n) is 7.04. The Bertz CT molecular complexity index is 584. The Morgan fingerprint density at radius 3 is 2.48 bits per heavy atom. The van der Waals surface area contributed by atoms with E-state index in [1.807, 2.05) is 32.2 Å². The average molecular weight is 351 g/mol. The molecule has 1 N–H and O–H groups in total. The lowest BCUT2D eigenvalue weighted by atomic mass is 10.1. The summed E-state index contributed by atoms with van der Waals surface area (Å²) in [6.07, 6.45) is 0.